The second-order valence-electron chi connectivity index (χ2n) is 9.43. The molecule has 0 radical (unpaired) electrons. The third-order valence-electron chi connectivity index (χ3n) is 7.26. The number of anilines is 1. The maximum Gasteiger partial charge on any atom is 0.243 e. The first-order valence-corrected chi connectivity index (χ1v) is 14.2. The standard InChI is InChI=1S/C26H27N5O3S2/c1-19-18-30(15-16-31(19)36(33,34)23-9-7-20(17-27)8-10-23)25-28-24(29-35-25)26(13-11-22(32)12-14-26)21-5-3-2-4-6-21/h2-10,19H,11-16,18H2,1H3. The minimum Gasteiger partial charge on any atom is -0.344 e. The van der Waals surface area contributed by atoms with Gasteiger partial charge in [0.1, 0.15) is 5.78 Å². The van der Waals surface area contributed by atoms with Gasteiger partial charge in [-0.1, -0.05) is 30.3 Å². The number of Topliss-reactive ketones (excluding diaryl/α,β-unsaturated/α-hetero) is 1. The molecule has 0 bridgehead atoms. The molecule has 36 heavy (non-hydrogen) atoms. The minimum atomic E-state index is -3.67. The first kappa shape index (κ1) is 24.6. The zero-order valence-corrected chi connectivity index (χ0v) is 21.6. The number of hydrogen-bond donors (Lipinski definition) is 0. The van der Waals surface area contributed by atoms with Crippen LogP contribution in [0.15, 0.2) is 59.5 Å². The Morgan fingerprint density at radius 3 is 2.39 bits per heavy atom. The second-order valence-corrected chi connectivity index (χ2v) is 12.1. The van der Waals surface area contributed by atoms with Gasteiger partial charge in [0.25, 0.3) is 0 Å². The quantitative estimate of drug-likeness (QED) is 0.503. The molecule has 0 spiro atoms. The Kier molecular flexibility index (Phi) is 6.64. The average Bonchev–Trinajstić information content (AvgIpc) is 3.41. The Labute approximate surface area is 215 Å². The van der Waals surface area contributed by atoms with Crippen molar-refractivity contribution in [2.24, 2.45) is 0 Å². The Morgan fingerprint density at radius 2 is 1.75 bits per heavy atom. The fourth-order valence-corrected chi connectivity index (χ4v) is 7.61. The van der Waals surface area contributed by atoms with E-state index >= 15 is 0 Å². The molecule has 1 saturated carbocycles. The summed E-state index contributed by atoms with van der Waals surface area (Å²) in [7, 11) is -3.67. The van der Waals surface area contributed by atoms with Crippen LogP contribution in [0, 0.1) is 11.3 Å². The zero-order chi connectivity index (χ0) is 25.3. The maximum absolute atomic E-state index is 13.2. The number of nitriles is 1. The fourth-order valence-electron chi connectivity index (χ4n) is 5.20. The van der Waals surface area contributed by atoms with E-state index < -0.39 is 10.0 Å². The van der Waals surface area contributed by atoms with Crippen LogP contribution in [-0.4, -0.2) is 53.5 Å². The van der Waals surface area contributed by atoms with Crippen LogP contribution >= 0.6 is 11.5 Å². The summed E-state index contributed by atoms with van der Waals surface area (Å²) < 4.78 is 32.8. The topological polar surface area (TPSA) is 107 Å². The number of aromatic nitrogens is 2. The number of sulfonamides is 1. The second kappa shape index (κ2) is 9.73. The van der Waals surface area contributed by atoms with Crippen molar-refractivity contribution in [3.63, 3.8) is 0 Å². The average molecular weight is 522 g/mol. The zero-order valence-electron chi connectivity index (χ0n) is 20.0. The van der Waals surface area contributed by atoms with Gasteiger partial charge in [-0.15, -0.1) is 0 Å². The van der Waals surface area contributed by atoms with Gasteiger partial charge in [-0.25, -0.2) is 13.4 Å². The number of benzene rings is 2. The minimum absolute atomic E-state index is 0.191. The molecule has 10 heteroatoms. The fraction of sp³-hybridized carbons (Fsp3) is 0.385. The Hall–Kier alpha value is -3.13. The normalized spacial score (nSPS) is 20.7. The van der Waals surface area contributed by atoms with Gasteiger partial charge in [0.2, 0.25) is 15.2 Å². The third kappa shape index (κ3) is 4.43. The number of nitrogens with zero attached hydrogens (tertiary/aromatic N) is 5. The highest BCUT2D eigenvalue weighted by Crippen LogP contribution is 2.44. The van der Waals surface area contributed by atoms with Crippen molar-refractivity contribution in [1.82, 2.24) is 13.7 Å². The molecule has 5 rings (SSSR count). The molecule has 186 valence electrons. The van der Waals surface area contributed by atoms with E-state index in [0.717, 1.165) is 16.5 Å². The van der Waals surface area contributed by atoms with Crippen LogP contribution in [-0.2, 0) is 20.2 Å². The van der Waals surface area contributed by atoms with Gasteiger partial charge in [0.05, 0.1) is 21.9 Å². The maximum atomic E-state index is 13.2. The number of carbonyl (C=O) groups excluding carboxylic acids is 1. The lowest BCUT2D eigenvalue weighted by Gasteiger charge is -2.38. The molecule has 2 heterocycles. The first-order valence-electron chi connectivity index (χ1n) is 12.0. The van der Waals surface area contributed by atoms with Gasteiger partial charge in [-0.05, 0) is 49.6 Å². The lowest BCUT2D eigenvalue weighted by molar-refractivity contribution is -0.121. The SMILES string of the molecule is CC1CN(c2nc(C3(c4ccccc4)CCC(=O)CC3)ns2)CCN1S(=O)(=O)c1ccc(C#N)cc1. The Morgan fingerprint density at radius 1 is 1.06 bits per heavy atom. The molecule has 2 aliphatic rings. The summed E-state index contributed by atoms with van der Waals surface area (Å²) in [5, 5.41) is 9.77. The van der Waals surface area contributed by atoms with E-state index in [9.17, 15) is 13.2 Å². The molecule has 0 amide bonds. The van der Waals surface area contributed by atoms with Crippen LogP contribution in [0.3, 0.4) is 0 Å². The molecule has 1 aliphatic carbocycles. The Balaban J connectivity index is 1.36. The molecule has 1 atom stereocenters. The number of carbonyl (C=O) groups is 1. The molecule has 1 aliphatic heterocycles. The highest BCUT2D eigenvalue weighted by atomic mass is 32.2. The molecule has 0 N–H and O–H groups in total. The molecule has 1 aromatic heterocycles. The monoisotopic (exact) mass is 521 g/mol. The predicted octanol–water partition coefficient (Wildman–Crippen LogP) is 3.74. The molecule has 3 aromatic rings. The van der Waals surface area contributed by atoms with Gasteiger partial charge in [0.15, 0.2) is 5.82 Å². The van der Waals surface area contributed by atoms with E-state index in [4.69, 9.17) is 14.6 Å². The summed E-state index contributed by atoms with van der Waals surface area (Å²) in [4.78, 5) is 19.3. The lowest BCUT2D eigenvalue weighted by atomic mass is 9.68. The van der Waals surface area contributed by atoms with E-state index in [1.807, 2.05) is 31.2 Å². The van der Waals surface area contributed by atoms with Crippen LogP contribution in [0.25, 0.3) is 0 Å². The molecule has 1 saturated heterocycles. The summed E-state index contributed by atoms with van der Waals surface area (Å²) >= 11 is 1.34. The van der Waals surface area contributed by atoms with Crippen molar-refractivity contribution < 1.29 is 13.2 Å². The summed E-state index contributed by atoms with van der Waals surface area (Å²) in [6.45, 7) is 3.23. The van der Waals surface area contributed by atoms with E-state index in [1.165, 1.54) is 40.1 Å². The van der Waals surface area contributed by atoms with Crippen LogP contribution in [0.5, 0.6) is 0 Å². The van der Waals surface area contributed by atoms with Crippen molar-refractivity contribution in [3.8, 4) is 6.07 Å². The van der Waals surface area contributed by atoms with Crippen LogP contribution in [0.2, 0.25) is 0 Å². The van der Waals surface area contributed by atoms with Crippen LogP contribution < -0.4 is 4.90 Å². The predicted molar refractivity (Wildman–Crippen MR) is 137 cm³/mol. The smallest absolute Gasteiger partial charge is 0.243 e. The van der Waals surface area contributed by atoms with Crippen LogP contribution in [0.1, 0.15) is 49.6 Å². The van der Waals surface area contributed by atoms with Gasteiger partial charge < -0.3 is 4.90 Å². The first-order chi connectivity index (χ1) is 17.3. The number of hydrogen-bond acceptors (Lipinski definition) is 8. The van der Waals surface area contributed by atoms with Gasteiger partial charge >= 0.3 is 0 Å². The molecule has 8 nitrogen and oxygen atoms in total. The summed E-state index contributed by atoms with van der Waals surface area (Å²) in [6, 6.07) is 18.0. The van der Waals surface area contributed by atoms with Gasteiger partial charge in [0, 0.05) is 50.1 Å². The van der Waals surface area contributed by atoms with E-state index in [0.29, 0.717) is 50.9 Å². The number of ketones is 1. The van der Waals surface area contributed by atoms with Crippen LogP contribution in [0.4, 0.5) is 5.13 Å². The van der Waals surface area contributed by atoms with E-state index in [2.05, 4.69) is 17.0 Å². The van der Waals surface area contributed by atoms with Crippen molar-refractivity contribution >= 4 is 32.5 Å². The van der Waals surface area contributed by atoms with E-state index in [-0.39, 0.29) is 22.1 Å². The highest BCUT2D eigenvalue weighted by Gasteiger charge is 2.42. The van der Waals surface area contributed by atoms with Crippen molar-refractivity contribution in [3.05, 3.63) is 71.5 Å². The largest absolute Gasteiger partial charge is 0.344 e. The van der Waals surface area contributed by atoms with Crippen molar-refractivity contribution in [2.75, 3.05) is 24.5 Å². The summed E-state index contributed by atoms with van der Waals surface area (Å²) in [5.74, 6) is 1.03. The summed E-state index contributed by atoms with van der Waals surface area (Å²) in [6.07, 6.45) is 2.43. The third-order valence-corrected chi connectivity index (χ3v) is 10.1. The number of rotatable bonds is 5. The molecule has 1 unspecified atom stereocenters. The lowest BCUT2D eigenvalue weighted by Crippen LogP contribution is -2.54. The van der Waals surface area contributed by atoms with Crippen molar-refractivity contribution in [2.45, 2.75) is 49.0 Å². The number of piperazine rings is 1. The van der Waals surface area contributed by atoms with Gasteiger partial charge in [-0.3, -0.25) is 4.79 Å². The van der Waals surface area contributed by atoms with Crippen molar-refractivity contribution in [1.29, 1.82) is 5.26 Å². The molecule has 2 aromatic carbocycles. The van der Waals surface area contributed by atoms with E-state index in [1.54, 1.807) is 0 Å². The highest BCUT2D eigenvalue weighted by molar-refractivity contribution is 7.89. The van der Waals surface area contributed by atoms with Gasteiger partial charge in [-0.2, -0.15) is 13.9 Å². The summed E-state index contributed by atoms with van der Waals surface area (Å²) in [5.41, 5.74) is 1.18. The Bertz CT molecular complexity index is 1390. The molecule has 2 fully saturated rings. The molecular formula is C26H27N5O3S2. The molecular weight excluding hydrogens is 494 g/mol.